The molecular formula is C20H23B2ClF2N6O2S. The SMILES string of the molecule is CC.[B]C([B])(O)N(N)/N=C(\N)c1ccc(/C(C(=O)Nc2ncc(Cl)s2)=C2/CCC(F)(F)C2)cc1. The summed E-state index contributed by atoms with van der Waals surface area (Å²) in [6.45, 7) is 4.00. The third kappa shape index (κ3) is 7.26. The number of alkyl halides is 2. The molecule has 0 atom stereocenters. The molecule has 1 aliphatic carbocycles. The Bertz CT molecular complexity index is 1070. The van der Waals surface area contributed by atoms with Crippen LogP contribution in [0.5, 0.6) is 0 Å². The summed E-state index contributed by atoms with van der Waals surface area (Å²) < 4.78 is 28.1. The molecule has 34 heavy (non-hydrogen) atoms. The van der Waals surface area contributed by atoms with Crippen LogP contribution in [0.15, 0.2) is 41.1 Å². The van der Waals surface area contributed by atoms with E-state index < -0.39 is 23.8 Å². The Hall–Kier alpha value is -2.47. The van der Waals surface area contributed by atoms with E-state index in [0.717, 1.165) is 11.3 Å². The number of hydrogen-bond acceptors (Lipinski definition) is 7. The van der Waals surface area contributed by atoms with Crippen molar-refractivity contribution < 1.29 is 18.7 Å². The number of hydrazine groups is 1. The van der Waals surface area contributed by atoms with Crippen molar-refractivity contribution in [3.63, 3.8) is 0 Å². The van der Waals surface area contributed by atoms with E-state index in [2.05, 4.69) is 15.4 Å². The molecule has 1 aliphatic rings. The van der Waals surface area contributed by atoms with Gasteiger partial charge in [-0.1, -0.05) is 66.6 Å². The number of carbonyl (C=O) groups excluding carboxylic acids is 1. The summed E-state index contributed by atoms with van der Waals surface area (Å²) in [6.07, 6.45) is 0.591. The zero-order chi connectivity index (χ0) is 25.7. The van der Waals surface area contributed by atoms with E-state index in [1.54, 1.807) is 0 Å². The third-order valence-corrected chi connectivity index (χ3v) is 5.63. The molecule has 1 aromatic carbocycles. The van der Waals surface area contributed by atoms with Crippen LogP contribution in [0.2, 0.25) is 4.34 Å². The number of aromatic nitrogens is 1. The van der Waals surface area contributed by atoms with Gasteiger partial charge in [-0.05, 0) is 12.0 Å². The molecule has 6 N–H and O–H groups in total. The van der Waals surface area contributed by atoms with Crippen molar-refractivity contribution >= 4 is 61.1 Å². The molecule has 1 aromatic heterocycles. The maximum Gasteiger partial charge on any atom is 0.258 e. The molecule has 4 radical (unpaired) electrons. The minimum Gasteiger partial charge on any atom is -0.386 e. The van der Waals surface area contributed by atoms with Crippen molar-refractivity contribution in [2.24, 2.45) is 16.7 Å². The highest BCUT2D eigenvalue weighted by atomic mass is 35.5. The van der Waals surface area contributed by atoms with Crippen molar-refractivity contribution in [1.82, 2.24) is 10.1 Å². The largest absolute Gasteiger partial charge is 0.386 e. The predicted molar refractivity (Wildman–Crippen MR) is 132 cm³/mol. The average Bonchev–Trinajstić information content (AvgIpc) is 3.33. The number of amidine groups is 1. The van der Waals surface area contributed by atoms with Gasteiger partial charge in [0, 0.05) is 24.0 Å². The number of nitrogens with zero attached hydrogens (tertiary/aromatic N) is 3. The van der Waals surface area contributed by atoms with Crippen LogP contribution in [0.25, 0.3) is 5.57 Å². The number of carbonyl (C=O) groups is 1. The summed E-state index contributed by atoms with van der Waals surface area (Å²) in [6, 6.07) is 6.08. The molecule has 1 amide bonds. The summed E-state index contributed by atoms with van der Waals surface area (Å²) >= 11 is 6.89. The Kier molecular flexibility index (Phi) is 9.23. The van der Waals surface area contributed by atoms with Crippen LogP contribution in [0.3, 0.4) is 0 Å². The van der Waals surface area contributed by atoms with E-state index in [1.807, 2.05) is 13.8 Å². The van der Waals surface area contributed by atoms with Crippen LogP contribution in [-0.4, -0.2) is 54.1 Å². The van der Waals surface area contributed by atoms with E-state index >= 15 is 0 Å². The lowest BCUT2D eigenvalue weighted by Gasteiger charge is -2.28. The molecule has 2 aromatic rings. The van der Waals surface area contributed by atoms with E-state index in [4.69, 9.17) is 38.9 Å². The molecule has 0 bridgehead atoms. The molecule has 1 heterocycles. The molecule has 178 valence electrons. The third-order valence-electron chi connectivity index (χ3n) is 4.59. The molecule has 1 saturated carbocycles. The second kappa shape index (κ2) is 11.3. The summed E-state index contributed by atoms with van der Waals surface area (Å²) in [7, 11) is 10.4. The molecular weight excluding hydrogens is 483 g/mol. The summed E-state index contributed by atoms with van der Waals surface area (Å²) in [5.74, 6) is 1.82. The number of allylic oxidation sites excluding steroid dienone is 1. The number of amides is 1. The number of aliphatic hydroxyl groups is 1. The highest BCUT2D eigenvalue weighted by Crippen LogP contribution is 2.42. The van der Waals surface area contributed by atoms with Crippen LogP contribution in [0.4, 0.5) is 13.9 Å². The van der Waals surface area contributed by atoms with Gasteiger partial charge >= 0.3 is 0 Å². The van der Waals surface area contributed by atoms with Gasteiger partial charge in [0.25, 0.3) is 11.8 Å². The summed E-state index contributed by atoms with van der Waals surface area (Å²) in [4.78, 5) is 16.9. The molecule has 0 spiro atoms. The van der Waals surface area contributed by atoms with Crippen molar-refractivity contribution in [3.05, 3.63) is 51.5 Å². The van der Waals surface area contributed by atoms with Crippen LogP contribution < -0.4 is 16.9 Å². The van der Waals surface area contributed by atoms with Crippen molar-refractivity contribution in [1.29, 1.82) is 0 Å². The van der Waals surface area contributed by atoms with E-state index in [9.17, 15) is 18.7 Å². The smallest absolute Gasteiger partial charge is 0.258 e. The van der Waals surface area contributed by atoms with Crippen LogP contribution in [0, 0.1) is 0 Å². The fourth-order valence-corrected chi connectivity index (χ4v) is 3.87. The van der Waals surface area contributed by atoms with Gasteiger partial charge in [-0.3, -0.25) is 10.1 Å². The monoisotopic (exact) mass is 506 g/mol. The van der Waals surface area contributed by atoms with Crippen molar-refractivity contribution in [2.75, 3.05) is 5.32 Å². The Morgan fingerprint density at radius 1 is 1.32 bits per heavy atom. The van der Waals surface area contributed by atoms with Crippen molar-refractivity contribution in [3.8, 4) is 0 Å². The zero-order valence-corrected chi connectivity index (χ0v) is 20.1. The highest BCUT2D eigenvalue weighted by Gasteiger charge is 2.38. The average molecular weight is 507 g/mol. The minimum absolute atomic E-state index is 0.0768. The van der Waals surface area contributed by atoms with Crippen LogP contribution >= 0.6 is 22.9 Å². The summed E-state index contributed by atoms with van der Waals surface area (Å²) in [5.41, 5.74) is 4.62. The number of hydrogen-bond donors (Lipinski definition) is 4. The van der Waals surface area contributed by atoms with Gasteiger partial charge in [0.2, 0.25) is 0 Å². The number of rotatable bonds is 6. The Morgan fingerprint density at radius 2 is 1.91 bits per heavy atom. The molecule has 14 heteroatoms. The molecule has 3 rings (SSSR count). The first-order valence-electron chi connectivity index (χ1n) is 10.2. The van der Waals surface area contributed by atoms with Crippen LogP contribution in [0.1, 0.15) is 44.2 Å². The zero-order valence-electron chi connectivity index (χ0n) is 18.6. The molecule has 0 saturated heterocycles. The topological polar surface area (TPSA) is 130 Å². The number of halogens is 3. The van der Waals surface area contributed by atoms with Gasteiger partial charge in [-0.25, -0.2) is 24.7 Å². The molecule has 8 nitrogen and oxygen atoms in total. The van der Waals surface area contributed by atoms with Crippen LogP contribution in [-0.2, 0) is 4.79 Å². The second-order valence-corrected chi connectivity index (χ2v) is 8.79. The van der Waals surface area contributed by atoms with Gasteiger partial charge in [-0.2, -0.15) is 0 Å². The number of benzene rings is 1. The normalized spacial score (nSPS) is 17.0. The number of nitrogens with two attached hydrogens (primary N) is 2. The fourth-order valence-electron chi connectivity index (χ4n) is 3.07. The van der Waals surface area contributed by atoms with Gasteiger partial charge < -0.3 is 10.8 Å². The number of thiazole rings is 1. The maximum absolute atomic E-state index is 13.9. The molecule has 0 aliphatic heterocycles. The number of nitrogens with one attached hydrogen (secondary N) is 1. The first kappa shape index (κ1) is 27.8. The fraction of sp³-hybridized carbons (Fsp3) is 0.350. The van der Waals surface area contributed by atoms with E-state index in [0.29, 0.717) is 26.2 Å². The van der Waals surface area contributed by atoms with E-state index in [1.165, 1.54) is 30.5 Å². The van der Waals surface area contributed by atoms with E-state index in [-0.39, 0.29) is 29.4 Å². The second-order valence-electron chi connectivity index (χ2n) is 7.13. The highest BCUT2D eigenvalue weighted by molar-refractivity contribution is 7.19. The standard InChI is InChI=1S/C18H17B2ClF2N6O2S.C2H6/c19-18(20,31)29(25)28-14(24)10-3-1-9(2-4-10)13(11-5-6-17(22,23)7-11)15(30)27-16-26-8-12(21)32-16;1-2/h1-4,8,31H,5-7,25H2,(H2,24,28)(H,26,27,30);1-2H3/b13-11+;. The maximum atomic E-state index is 13.9. The molecule has 1 fully saturated rings. The van der Waals surface area contributed by atoms with Gasteiger partial charge in [0.05, 0.1) is 11.7 Å². The van der Waals surface area contributed by atoms with Gasteiger partial charge in [0.1, 0.15) is 20.0 Å². The first-order valence-corrected chi connectivity index (χ1v) is 11.4. The van der Waals surface area contributed by atoms with Crippen molar-refractivity contribution in [2.45, 2.75) is 44.6 Å². The minimum atomic E-state index is -2.88. The number of hydrazone groups is 1. The lowest BCUT2D eigenvalue weighted by molar-refractivity contribution is -0.111. The lowest BCUT2D eigenvalue weighted by atomic mass is 9.73. The lowest BCUT2D eigenvalue weighted by Crippen LogP contribution is -2.51. The first-order chi connectivity index (χ1) is 15.9. The Labute approximate surface area is 207 Å². The molecule has 0 unspecified atom stereocenters. The quantitative estimate of drug-likeness (QED) is 0.0907. The Morgan fingerprint density at radius 3 is 2.38 bits per heavy atom. The number of anilines is 1. The predicted octanol–water partition coefficient (Wildman–Crippen LogP) is 2.77. The van der Waals surface area contributed by atoms with Gasteiger partial charge in [-0.15, -0.1) is 5.10 Å². The summed E-state index contributed by atoms with van der Waals surface area (Å²) in [5, 5.41) is 16.3. The Balaban J connectivity index is 0.00000199. The van der Waals surface area contributed by atoms with Gasteiger partial charge in [0.15, 0.2) is 11.0 Å².